The van der Waals surface area contributed by atoms with Crippen LogP contribution in [0.5, 0.6) is 5.75 Å². The van der Waals surface area contributed by atoms with Crippen molar-refractivity contribution in [3.8, 4) is 5.75 Å². The monoisotopic (exact) mass is 312 g/mol. The lowest BCUT2D eigenvalue weighted by Crippen LogP contribution is -2.30. The van der Waals surface area contributed by atoms with E-state index in [-0.39, 0.29) is 11.9 Å². The first-order chi connectivity index (χ1) is 11.2. The van der Waals surface area contributed by atoms with Crippen LogP contribution >= 0.6 is 0 Å². The number of carbonyl (C=O) groups excluding carboxylic acids is 1. The second-order valence-electron chi connectivity index (χ2n) is 6.30. The Hall–Kier alpha value is -2.30. The molecular weight excluding hydrogens is 292 g/mol. The summed E-state index contributed by atoms with van der Waals surface area (Å²) in [5.41, 5.74) is 2.72. The molecule has 2 aliphatic rings. The third-order valence-corrected chi connectivity index (χ3v) is 4.64. The molecule has 1 aromatic carbocycles. The summed E-state index contributed by atoms with van der Waals surface area (Å²) in [7, 11) is 0. The van der Waals surface area contributed by atoms with Crippen LogP contribution < -0.4 is 4.74 Å². The van der Waals surface area contributed by atoms with Crippen LogP contribution in [0, 0.1) is 6.92 Å². The van der Waals surface area contributed by atoms with Crippen LogP contribution in [0.15, 0.2) is 28.8 Å². The number of aryl methyl sites for hydroxylation is 2. The van der Waals surface area contributed by atoms with Gasteiger partial charge in [-0.3, -0.25) is 4.79 Å². The van der Waals surface area contributed by atoms with E-state index in [2.05, 4.69) is 5.16 Å². The fraction of sp³-hybridized carbons (Fsp3) is 0.444. The zero-order valence-corrected chi connectivity index (χ0v) is 13.2. The van der Waals surface area contributed by atoms with Gasteiger partial charge in [-0.25, -0.2) is 0 Å². The Morgan fingerprint density at radius 1 is 1.30 bits per heavy atom. The van der Waals surface area contributed by atoms with E-state index in [0.29, 0.717) is 0 Å². The minimum atomic E-state index is -0.00372. The number of benzene rings is 1. The quantitative estimate of drug-likeness (QED) is 0.854. The van der Waals surface area contributed by atoms with Crippen molar-refractivity contribution in [2.45, 2.75) is 38.6 Å². The Kier molecular flexibility index (Phi) is 3.56. The van der Waals surface area contributed by atoms with E-state index in [0.717, 1.165) is 67.2 Å². The van der Waals surface area contributed by atoms with Crippen molar-refractivity contribution in [3.63, 3.8) is 0 Å². The van der Waals surface area contributed by atoms with Gasteiger partial charge in [-0.15, -0.1) is 0 Å². The van der Waals surface area contributed by atoms with Crippen molar-refractivity contribution in [2.75, 3.05) is 13.2 Å². The van der Waals surface area contributed by atoms with Gasteiger partial charge in [-0.05, 0) is 56.4 Å². The molecule has 2 aliphatic heterocycles. The largest absolute Gasteiger partial charge is 0.493 e. The van der Waals surface area contributed by atoms with Crippen LogP contribution in [-0.2, 0) is 6.42 Å². The lowest BCUT2D eigenvalue weighted by Gasteiger charge is -2.24. The van der Waals surface area contributed by atoms with E-state index in [1.165, 1.54) is 0 Å². The van der Waals surface area contributed by atoms with Crippen molar-refractivity contribution in [2.24, 2.45) is 0 Å². The lowest BCUT2D eigenvalue weighted by molar-refractivity contribution is 0.0714. The highest BCUT2D eigenvalue weighted by Crippen LogP contribution is 2.34. The van der Waals surface area contributed by atoms with E-state index in [4.69, 9.17) is 9.26 Å². The molecule has 0 saturated carbocycles. The normalized spacial score (nSPS) is 20.2. The Morgan fingerprint density at radius 2 is 2.22 bits per heavy atom. The molecule has 2 aromatic rings. The fourth-order valence-electron chi connectivity index (χ4n) is 3.51. The van der Waals surface area contributed by atoms with Crippen LogP contribution in [-0.4, -0.2) is 29.1 Å². The van der Waals surface area contributed by atoms with Gasteiger partial charge >= 0.3 is 0 Å². The van der Waals surface area contributed by atoms with Crippen molar-refractivity contribution >= 4 is 5.91 Å². The third kappa shape index (κ3) is 2.60. The van der Waals surface area contributed by atoms with Crippen LogP contribution in [0.25, 0.3) is 0 Å². The number of fused-ring (bicyclic) bond motifs is 1. The van der Waals surface area contributed by atoms with Gasteiger partial charge in [0.25, 0.3) is 5.91 Å². The molecule has 0 radical (unpaired) electrons. The lowest BCUT2D eigenvalue weighted by atomic mass is 10.0. The summed E-state index contributed by atoms with van der Waals surface area (Å²) in [6.07, 6.45) is 3.90. The molecule has 120 valence electrons. The van der Waals surface area contributed by atoms with Gasteiger partial charge in [0.2, 0.25) is 0 Å². The maximum Gasteiger partial charge on any atom is 0.254 e. The van der Waals surface area contributed by atoms with E-state index in [1.54, 1.807) is 0 Å². The molecule has 1 saturated heterocycles. The number of hydrogen-bond donors (Lipinski definition) is 0. The molecule has 1 amide bonds. The number of nitrogens with zero attached hydrogens (tertiary/aromatic N) is 2. The first-order valence-corrected chi connectivity index (χ1v) is 8.22. The molecule has 0 aliphatic carbocycles. The molecular formula is C18H20N2O3. The van der Waals surface area contributed by atoms with Crippen LogP contribution in [0.2, 0.25) is 0 Å². The predicted octanol–water partition coefficient (Wildman–Crippen LogP) is 3.29. The maximum atomic E-state index is 12.9. The van der Waals surface area contributed by atoms with E-state index in [9.17, 15) is 4.79 Å². The second-order valence-corrected chi connectivity index (χ2v) is 6.30. The van der Waals surface area contributed by atoms with Crippen molar-refractivity contribution in [3.05, 3.63) is 46.8 Å². The molecule has 5 heteroatoms. The molecule has 5 nitrogen and oxygen atoms in total. The number of aromatic nitrogens is 1. The molecule has 1 fully saturated rings. The van der Waals surface area contributed by atoms with Crippen molar-refractivity contribution in [1.82, 2.24) is 10.1 Å². The number of likely N-dealkylation sites (tertiary alicyclic amines) is 1. The Morgan fingerprint density at radius 3 is 3.04 bits per heavy atom. The highest BCUT2D eigenvalue weighted by molar-refractivity contribution is 5.95. The van der Waals surface area contributed by atoms with E-state index >= 15 is 0 Å². The predicted molar refractivity (Wildman–Crippen MR) is 84.5 cm³/mol. The SMILES string of the molecule is Cc1cc([C@H]2CCCN2C(=O)c2ccc3c(c2)CCCO3)on1. The van der Waals surface area contributed by atoms with Gasteiger partial charge < -0.3 is 14.2 Å². The first-order valence-electron chi connectivity index (χ1n) is 8.22. The summed E-state index contributed by atoms with van der Waals surface area (Å²) in [6.45, 7) is 3.42. The Bertz CT molecular complexity index is 738. The molecule has 0 bridgehead atoms. The first kappa shape index (κ1) is 14.3. The fourth-order valence-corrected chi connectivity index (χ4v) is 3.51. The number of carbonyl (C=O) groups is 1. The average Bonchev–Trinajstić information content (AvgIpc) is 3.22. The average molecular weight is 312 g/mol. The third-order valence-electron chi connectivity index (χ3n) is 4.64. The molecule has 4 rings (SSSR count). The van der Waals surface area contributed by atoms with Crippen LogP contribution in [0.4, 0.5) is 0 Å². The maximum absolute atomic E-state index is 12.9. The molecule has 0 spiro atoms. The number of amides is 1. The minimum Gasteiger partial charge on any atom is -0.493 e. The van der Waals surface area contributed by atoms with Crippen LogP contribution in [0.3, 0.4) is 0 Å². The van der Waals surface area contributed by atoms with Gasteiger partial charge in [0.15, 0.2) is 5.76 Å². The molecule has 1 aromatic heterocycles. The molecule has 1 atom stereocenters. The summed E-state index contributed by atoms with van der Waals surface area (Å²) in [4.78, 5) is 14.9. The zero-order valence-electron chi connectivity index (χ0n) is 13.2. The van der Waals surface area contributed by atoms with Gasteiger partial charge in [0.1, 0.15) is 5.75 Å². The Labute approximate surface area is 135 Å². The summed E-state index contributed by atoms with van der Waals surface area (Å²) >= 11 is 0. The van der Waals surface area contributed by atoms with Gasteiger partial charge in [0.05, 0.1) is 18.3 Å². The number of ether oxygens (including phenoxy) is 1. The summed E-state index contributed by atoms with van der Waals surface area (Å²) < 4.78 is 11.0. The molecule has 0 unspecified atom stereocenters. The topological polar surface area (TPSA) is 55.6 Å². The second kappa shape index (κ2) is 5.72. The van der Waals surface area contributed by atoms with Crippen molar-refractivity contribution in [1.29, 1.82) is 0 Å². The molecule has 0 N–H and O–H groups in total. The highest BCUT2D eigenvalue weighted by atomic mass is 16.5. The summed E-state index contributed by atoms with van der Waals surface area (Å²) in [6, 6.07) is 7.70. The molecule has 23 heavy (non-hydrogen) atoms. The number of hydrogen-bond acceptors (Lipinski definition) is 4. The summed E-state index contributed by atoms with van der Waals surface area (Å²) in [5, 5.41) is 3.96. The van der Waals surface area contributed by atoms with Crippen LogP contribution in [0.1, 0.15) is 52.7 Å². The van der Waals surface area contributed by atoms with Gasteiger partial charge in [-0.2, -0.15) is 0 Å². The summed E-state index contributed by atoms with van der Waals surface area (Å²) in [5.74, 6) is 1.77. The van der Waals surface area contributed by atoms with E-state index < -0.39 is 0 Å². The van der Waals surface area contributed by atoms with E-state index in [1.807, 2.05) is 36.1 Å². The van der Waals surface area contributed by atoms with Crippen molar-refractivity contribution < 1.29 is 14.1 Å². The Balaban J connectivity index is 1.60. The number of rotatable bonds is 2. The highest BCUT2D eigenvalue weighted by Gasteiger charge is 2.33. The smallest absolute Gasteiger partial charge is 0.254 e. The zero-order chi connectivity index (χ0) is 15.8. The van der Waals surface area contributed by atoms with Gasteiger partial charge in [0, 0.05) is 18.2 Å². The standard InChI is InChI=1S/C18H20N2O3/c1-12-10-17(23-19-12)15-5-2-8-20(15)18(21)14-6-7-16-13(11-14)4-3-9-22-16/h6-7,10-11,15H,2-5,8-9H2,1H3/t15-/m1/s1. The molecule has 3 heterocycles. The van der Waals surface area contributed by atoms with Gasteiger partial charge in [-0.1, -0.05) is 5.16 Å². The minimum absolute atomic E-state index is 0.00372.